The van der Waals surface area contributed by atoms with Gasteiger partial charge in [-0.05, 0) is 48.2 Å². The normalized spacial score (nSPS) is 14.7. The van der Waals surface area contributed by atoms with E-state index in [2.05, 4.69) is 39.2 Å². The number of aromatic amines is 1. The number of H-pyrrole nitrogens is 1. The number of aliphatic carboxylic acids is 1. The Labute approximate surface area is 184 Å². The highest BCUT2D eigenvalue weighted by molar-refractivity contribution is 9.10. The Balaban J connectivity index is 1.42. The molecule has 2 aromatic carbocycles. The highest BCUT2D eigenvalue weighted by Crippen LogP contribution is 2.31. The van der Waals surface area contributed by atoms with Crippen LogP contribution < -0.4 is 9.47 Å². The fourth-order valence-electron chi connectivity index (χ4n) is 4.16. The van der Waals surface area contributed by atoms with E-state index < -0.39 is 5.97 Å². The molecule has 1 fully saturated rings. The molecule has 1 aliphatic rings. The first kappa shape index (κ1) is 20.8. The molecule has 1 aromatic heterocycles. The fraction of sp³-hybridized carbons (Fsp3) is 0.375. The number of aromatic nitrogens is 1. The third kappa shape index (κ3) is 5.17. The summed E-state index contributed by atoms with van der Waals surface area (Å²) in [6.45, 7) is 0.0514. The molecular formula is C24H26BrNO4. The maximum absolute atomic E-state index is 10.6. The molecule has 6 heteroatoms. The van der Waals surface area contributed by atoms with Crippen molar-refractivity contribution in [2.24, 2.45) is 5.92 Å². The minimum atomic E-state index is -0.999. The monoisotopic (exact) mass is 471 g/mol. The number of carbonyl (C=O) groups is 1. The number of carboxylic acid groups (broad SMARTS) is 1. The zero-order valence-electron chi connectivity index (χ0n) is 16.8. The summed E-state index contributed by atoms with van der Waals surface area (Å²) in [6.07, 6.45) is 10.0. The van der Waals surface area contributed by atoms with Gasteiger partial charge in [-0.25, -0.2) is 4.79 Å². The molecule has 4 rings (SSSR count). The van der Waals surface area contributed by atoms with Crippen molar-refractivity contribution in [1.29, 1.82) is 0 Å². The third-order valence-corrected chi connectivity index (χ3v) is 6.49. The lowest BCUT2D eigenvalue weighted by Crippen LogP contribution is -2.09. The Hall–Kier alpha value is -2.47. The van der Waals surface area contributed by atoms with Crippen molar-refractivity contribution in [3.05, 3.63) is 58.2 Å². The molecule has 0 amide bonds. The number of rotatable bonds is 8. The summed E-state index contributed by atoms with van der Waals surface area (Å²) < 4.78 is 12.1. The molecule has 0 saturated heterocycles. The van der Waals surface area contributed by atoms with Gasteiger partial charge in [0.25, 0.3) is 0 Å². The second-order valence-corrected chi connectivity index (χ2v) is 8.81. The Kier molecular flexibility index (Phi) is 6.62. The average Bonchev–Trinajstić information content (AvgIpc) is 3.14. The van der Waals surface area contributed by atoms with Crippen LogP contribution in [0.15, 0.2) is 47.1 Å². The van der Waals surface area contributed by atoms with Gasteiger partial charge in [-0.2, -0.15) is 0 Å². The van der Waals surface area contributed by atoms with Crippen LogP contribution in [0.1, 0.15) is 43.2 Å². The smallest absolute Gasteiger partial charge is 0.341 e. The molecule has 3 aromatic rings. The fourth-order valence-corrected chi connectivity index (χ4v) is 4.63. The van der Waals surface area contributed by atoms with E-state index in [0.717, 1.165) is 33.6 Å². The predicted octanol–water partition coefficient (Wildman–Crippen LogP) is 6.10. The number of hydrogen-bond acceptors (Lipinski definition) is 3. The summed E-state index contributed by atoms with van der Waals surface area (Å²) in [5, 5.41) is 9.97. The van der Waals surface area contributed by atoms with Gasteiger partial charge in [-0.3, -0.25) is 0 Å². The highest BCUT2D eigenvalue weighted by Gasteiger charge is 2.16. The molecule has 5 nitrogen and oxygen atoms in total. The standard InChI is InChI=1S/C24H26BrNO4/c25-22-12-20(30-15-24(27)28)7-6-17(22)14-29-19-8-9-23-21(11-19)18(13-26-23)10-16-4-2-1-3-5-16/h6-9,11-13,16,26H,1-5,10,14-15H2,(H,27,28). The van der Waals surface area contributed by atoms with Crippen LogP contribution in [0.25, 0.3) is 10.9 Å². The van der Waals surface area contributed by atoms with E-state index in [4.69, 9.17) is 14.6 Å². The lowest BCUT2D eigenvalue weighted by Gasteiger charge is -2.21. The van der Waals surface area contributed by atoms with Gasteiger partial charge in [0.05, 0.1) is 0 Å². The summed E-state index contributed by atoms with van der Waals surface area (Å²) in [6, 6.07) is 11.6. The number of halogens is 1. The van der Waals surface area contributed by atoms with Crippen molar-refractivity contribution >= 4 is 32.8 Å². The average molecular weight is 472 g/mol. The molecule has 0 spiro atoms. The Morgan fingerprint density at radius 2 is 1.80 bits per heavy atom. The second kappa shape index (κ2) is 9.56. The van der Waals surface area contributed by atoms with Gasteiger partial charge in [-0.1, -0.05) is 54.1 Å². The summed E-state index contributed by atoms with van der Waals surface area (Å²) in [4.78, 5) is 14.0. The first-order chi connectivity index (χ1) is 14.6. The molecule has 1 aliphatic carbocycles. The van der Waals surface area contributed by atoms with Crippen LogP contribution in [0, 0.1) is 5.92 Å². The van der Waals surface area contributed by atoms with Crippen molar-refractivity contribution in [2.75, 3.05) is 6.61 Å². The topological polar surface area (TPSA) is 71.6 Å². The SMILES string of the molecule is O=C(O)COc1ccc(COc2ccc3[nH]cc(CC4CCCCC4)c3c2)c(Br)c1. The molecule has 1 saturated carbocycles. The van der Waals surface area contributed by atoms with Gasteiger partial charge in [-0.15, -0.1) is 0 Å². The Bertz CT molecular complexity index is 1020. The first-order valence-electron chi connectivity index (χ1n) is 10.4. The van der Waals surface area contributed by atoms with Crippen LogP contribution in [0.3, 0.4) is 0 Å². The molecule has 0 radical (unpaired) electrons. The number of hydrogen-bond donors (Lipinski definition) is 2. The van der Waals surface area contributed by atoms with Crippen LogP contribution >= 0.6 is 15.9 Å². The van der Waals surface area contributed by atoms with Crippen LogP contribution in [0.5, 0.6) is 11.5 Å². The second-order valence-electron chi connectivity index (χ2n) is 7.95. The lowest BCUT2D eigenvalue weighted by molar-refractivity contribution is -0.139. The number of nitrogens with one attached hydrogen (secondary N) is 1. The molecule has 2 N–H and O–H groups in total. The Morgan fingerprint density at radius 3 is 2.57 bits per heavy atom. The quantitative estimate of drug-likeness (QED) is 0.416. The van der Waals surface area contributed by atoms with Crippen molar-refractivity contribution in [3.8, 4) is 11.5 Å². The van der Waals surface area contributed by atoms with Crippen molar-refractivity contribution in [2.45, 2.75) is 45.1 Å². The molecule has 30 heavy (non-hydrogen) atoms. The maximum atomic E-state index is 10.6. The molecule has 0 bridgehead atoms. The highest BCUT2D eigenvalue weighted by atomic mass is 79.9. The number of ether oxygens (including phenoxy) is 2. The summed E-state index contributed by atoms with van der Waals surface area (Å²) in [5.41, 5.74) is 3.49. The van der Waals surface area contributed by atoms with E-state index in [-0.39, 0.29) is 6.61 Å². The molecule has 158 valence electrons. The van der Waals surface area contributed by atoms with Crippen LogP contribution in [0.2, 0.25) is 0 Å². The largest absolute Gasteiger partial charge is 0.489 e. The lowest BCUT2D eigenvalue weighted by atomic mass is 9.85. The first-order valence-corrected chi connectivity index (χ1v) is 11.2. The van der Waals surface area contributed by atoms with Crippen molar-refractivity contribution < 1.29 is 19.4 Å². The van der Waals surface area contributed by atoms with E-state index >= 15 is 0 Å². The van der Waals surface area contributed by atoms with E-state index in [0.29, 0.717) is 12.4 Å². The molecule has 0 atom stereocenters. The van der Waals surface area contributed by atoms with Gasteiger partial charge < -0.3 is 19.6 Å². The van der Waals surface area contributed by atoms with Gasteiger partial charge in [0, 0.05) is 27.1 Å². The van der Waals surface area contributed by atoms with E-state index in [1.165, 1.54) is 43.1 Å². The van der Waals surface area contributed by atoms with Crippen molar-refractivity contribution in [3.63, 3.8) is 0 Å². The van der Waals surface area contributed by atoms with Crippen LogP contribution in [0.4, 0.5) is 0 Å². The summed E-state index contributed by atoms with van der Waals surface area (Å²) in [7, 11) is 0. The van der Waals surface area contributed by atoms with Gasteiger partial charge in [0.2, 0.25) is 0 Å². The summed E-state index contributed by atoms with van der Waals surface area (Å²) >= 11 is 3.52. The molecule has 0 unspecified atom stereocenters. The molecule has 0 aliphatic heterocycles. The van der Waals surface area contributed by atoms with E-state index in [1.54, 1.807) is 12.1 Å². The predicted molar refractivity (Wildman–Crippen MR) is 120 cm³/mol. The zero-order chi connectivity index (χ0) is 20.9. The zero-order valence-corrected chi connectivity index (χ0v) is 18.4. The number of benzene rings is 2. The van der Waals surface area contributed by atoms with Crippen molar-refractivity contribution in [1.82, 2.24) is 4.98 Å². The molecule has 1 heterocycles. The van der Waals surface area contributed by atoms with Gasteiger partial charge in [0.15, 0.2) is 6.61 Å². The minimum Gasteiger partial charge on any atom is -0.489 e. The summed E-state index contributed by atoms with van der Waals surface area (Å²) in [5.74, 6) is 1.14. The Morgan fingerprint density at radius 1 is 1.03 bits per heavy atom. The van der Waals surface area contributed by atoms with E-state index in [9.17, 15) is 4.79 Å². The minimum absolute atomic E-state index is 0.359. The third-order valence-electron chi connectivity index (χ3n) is 5.75. The molecular weight excluding hydrogens is 446 g/mol. The number of fused-ring (bicyclic) bond motifs is 1. The van der Waals surface area contributed by atoms with Crippen LogP contribution in [-0.4, -0.2) is 22.7 Å². The van der Waals surface area contributed by atoms with Gasteiger partial charge >= 0.3 is 5.97 Å². The van der Waals surface area contributed by atoms with Gasteiger partial charge in [0.1, 0.15) is 18.1 Å². The number of carboxylic acids is 1. The van der Waals surface area contributed by atoms with Crippen LogP contribution in [-0.2, 0) is 17.8 Å². The van der Waals surface area contributed by atoms with E-state index in [1.807, 2.05) is 12.1 Å². The maximum Gasteiger partial charge on any atom is 0.341 e.